The Balaban J connectivity index is 2.43. The summed E-state index contributed by atoms with van der Waals surface area (Å²) < 4.78 is 42.7. The lowest BCUT2D eigenvalue weighted by atomic mass is 10.0. The van der Waals surface area contributed by atoms with Gasteiger partial charge in [-0.05, 0) is 66.8 Å². The Morgan fingerprint density at radius 3 is 2.40 bits per heavy atom. The molecule has 2 rings (SSSR count). The Labute approximate surface area is 156 Å². The quantitative estimate of drug-likeness (QED) is 0.500. The molecule has 4 nitrogen and oxygen atoms in total. The number of anilines is 2. The third-order valence-electron chi connectivity index (χ3n) is 3.46. The molecular weight excluding hydrogens is 450 g/mol. The van der Waals surface area contributed by atoms with E-state index < -0.39 is 35.8 Å². The van der Waals surface area contributed by atoms with Gasteiger partial charge in [0.1, 0.15) is 29.9 Å². The molecule has 0 fully saturated rings. The standard InChI is InChI=1S/C17H17F3INO3/c1-17(2,24)15(23)9-25-22(13-7-6-10(21)8-12(13)19)14-5-3-4-11(18)16(14)20/h3-8,15,23-24H,9H2,1-2H3. The first kappa shape index (κ1) is 20.0. The van der Waals surface area contributed by atoms with Crippen molar-refractivity contribution in [2.45, 2.75) is 25.6 Å². The summed E-state index contributed by atoms with van der Waals surface area (Å²) in [4.78, 5) is 5.33. The predicted octanol–water partition coefficient (Wildman–Crippen LogP) is 3.91. The summed E-state index contributed by atoms with van der Waals surface area (Å²) in [5, 5.41) is 20.4. The molecule has 0 aliphatic carbocycles. The average Bonchev–Trinajstić information content (AvgIpc) is 2.51. The third kappa shape index (κ3) is 4.84. The molecule has 0 spiro atoms. The molecule has 2 N–H and O–H groups in total. The van der Waals surface area contributed by atoms with Gasteiger partial charge < -0.3 is 10.2 Å². The number of nitrogens with zero attached hydrogens (tertiary/aromatic N) is 1. The van der Waals surface area contributed by atoms with Gasteiger partial charge in [0.25, 0.3) is 0 Å². The Bertz CT molecular complexity index is 752. The van der Waals surface area contributed by atoms with E-state index in [1.165, 1.54) is 38.1 Å². The van der Waals surface area contributed by atoms with E-state index in [-0.39, 0.29) is 11.4 Å². The first-order chi connectivity index (χ1) is 11.6. The van der Waals surface area contributed by atoms with Crippen LogP contribution in [0.15, 0.2) is 36.4 Å². The molecule has 136 valence electrons. The molecule has 0 bridgehead atoms. The summed E-state index contributed by atoms with van der Waals surface area (Å²) in [6.45, 7) is 2.25. The van der Waals surface area contributed by atoms with Crippen molar-refractivity contribution >= 4 is 34.0 Å². The topological polar surface area (TPSA) is 52.9 Å². The van der Waals surface area contributed by atoms with Crippen LogP contribution in [0.3, 0.4) is 0 Å². The van der Waals surface area contributed by atoms with Gasteiger partial charge >= 0.3 is 0 Å². The number of hydrogen-bond donors (Lipinski definition) is 2. The molecule has 2 aromatic carbocycles. The third-order valence-corrected chi connectivity index (χ3v) is 4.13. The van der Waals surface area contributed by atoms with E-state index in [4.69, 9.17) is 4.84 Å². The number of halogens is 4. The summed E-state index contributed by atoms with van der Waals surface area (Å²) in [6, 6.07) is 7.51. The molecule has 0 aliphatic rings. The smallest absolute Gasteiger partial charge is 0.184 e. The highest BCUT2D eigenvalue weighted by atomic mass is 127. The molecule has 2 aromatic rings. The molecule has 0 radical (unpaired) electrons. The van der Waals surface area contributed by atoms with Crippen LogP contribution in [0.25, 0.3) is 0 Å². The molecule has 0 aromatic heterocycles. The average molecular weight is 467 g/mol. The SMILES string of the molecule is CC(C)(O)C(O)CON(c1ccc(I)cc1F)c1cccc(F)c1F. The molecule has 0 aliphatic heterocycles. The van der Waals surface area contributed by atoms with Crippen molar-refractivity contribution in [3.63, 3.8) is 0 Å². The lowest BCUT2D eigenvalue weighted by molar-refractivity contribution is -0.0861. The van der Waals surface area contributed by atoms with Crippen LogP contribution in [0.5, 0.6) is 0 Å². The van der Waals surface area contributed by atoms with Crippen molar-refractivity contribution < 1.29 is 28.2 Å². The fourth-order valence-corrected chi connectivity index (χ4v) is 2.37. The van der Waals surface area contributed by atoms with Crippen LogP contribution in [0, 0.1) is 21.0 Å². The largest absolute Gasteiger partial charge is 0.388 e. The molecule has 0 heterocycles. The van der Waals surface area contributed by atoms with Crippen molar-refractivity contribution in [3.8, 4) is 0 Å². The van der Waals surface area contributed by atoms with Crippen LogP contribution >= 0.6 is 22.6 Å². The molecular formula is C17H17F3INO3. The van der Waals surface area contributed by atoms with E-state index in [2.05, 4.69) is 0 Å². The van der Waals surface area contributed by atoms with Gasteiger partial charge in [0.2, 0.25) is 0 Å². The van der Waals surface area contributed by atoms with Crippen molar-refractivity contribution in [1.29, 1.82) is 0 Å². The monoisotopic (exact) mass is 467 g/mol. The maximum Gasteiger partial charge on any atom is 0.184 e. The van der Waals surface area contributed by atoms with Crippen LogP contribution in [0.4, 0.5) is 24.5 Å². The second kappa shape index (κ2) is 7.90. The lowest BCUT2D eigenvalue weighted by Crippen LogP contribution is -2.41. The number of benzene rings is 2. The van der Waals surface area contributed by atoms with Crippen LogP contribution < -0.4 is 5.06 Å². The molecule has 0 saturated heterocycles. The highest BCUT2D eigenvalue weighted by Gasteiger charge is 2.28. The summed E-state index contributed by atoms with van der Waals surface area (Å²) in [7, 11) is 0. The van der Waals surface area contributed by atoms with Crippen LogP contribution in [-0.2, 0) is 4.84 Å². The Hall–Kier alpha value is -1.36. The van der Waals surface area contributed by atoms with E-state index in [1.54, 1.807) is 6.07 Å². The van der Waals surface area contributed by atoms with Gasteiger partial charge in [-0.15, -0.1) is 0 Å². The fourth-order valence-electron chi connectivity index (χ4n) is 1.91. The fraction of sp³-hybridized carbons (Fsp3) is 0.294. The maximum atomic E-state index is 14.3. The van der Waals surface area contributed by atoms with Crippen LogP contribution in [-0.4, -0.2) is 28.5 Å². The van der Waals surface area contributed by atoms with E-state index >= 15 is 0 Å². The van der Waals surface area contributed by atoms with Crippen LogP contribution in [0.1, 0.15) is 13.8 Å². The molecule has 0 amide bonds. The zero-order chi connectivity index (χ0) is 18.8. The van der Waals surface area contributed by atoms with E-state index in [0.29, 0.717) is 3.57 Å². The highest BCUT2D eigenvalue weighted by Crippen LogP contribution is 2.32. The van der Waals surface area contributed by atoms with Crippen LogP contribution in [0.2, 0.25) is 0 Å². The van der Waals surface area contributed by atoms with Crippen molar-refractivity contribution in [2.75, 3.05) is 11.7 Å². The highest BCUT2D eigenvalue weighted by molar-refractivity contribution is 14.1. The summed E-state index contributed by atoms with van der Waals surface area (Å²) in [5.74, 6) is -3.06. The van der Waals surface area contributed by atoms with Crippen molar-refractivity contribution in [2.24, 2.45) is 0 Å². The molecule has 25 heavy (non-hydrogen) atoms. The number of aliphatic hydroxyl groups excluding tert-OH is 1. The number of aliphatic hydroxyl groups is 2. The van der Waals surface area contributed by atoms with E-state index in [9.17, 15) is 23.4 Å². The van der Waals surface area contributed by atoms with Gasteiger partial charge in [-0.2, -0.15) is 0 Å². The minimum absolute atomic E-state index is 0.159. The first-order valence-electron chi connectivity index (χ1n) is 7.34. The van der Waals surface area contributed by atoms with Gasteiger partial charge in [0.15, 0.2) is 11.6 Å². The van der Waals surface area contributed by atoms with Gasteiger partial charge in [-0.25, -0.2) is 18.2 Å². The lowest BCUT2D eigenvalue weighted by Gasteiger charge is -2.29. The van der Waals surface area contributed by atoms with Gasteiger partial charge in [0.05, 0.1) is 5.60 Å². The summed E-state index contributed by atoms with van der Waals surface area (Å²) in [5.41, 5.74) is -2.01. The molecule has 8 heteroatoms. The summed E-state index contributed by atoms with van der Waals surface area (Å²) in [6.07, 6.45) is -1.33. The van der Waals surface area contributed by atoms with Crippen molar-refractivity contribution in [1.82, 2.24) is 0 Å². The number of rotatable bonds is 6. The minimum Gasteiger partial charge on any atom is -0.388 e. The van der Waals surface area contributed by atoms with Crippen molar-refractivity contribution in [3.05, 3.63) is 57.4 Å². The molecule has 0 saturated carbocycles. The Morgan fingerprint density at radius 2 is 1.80 bits per heavy atom. The second-order valence-corrected chi connectivity index (χ2v) is 7.17. The Morgan fingerprint density at radius 1 is 1.12 bits per heavy atom. The van der Waals surface area contributed by atoms with Gasteiger partial charge in [-0.1, -0.05) is 6.07 Å². The minimum atomic E-state index is -1.49. The maximum absolute atomic E-state index is 14.3. The first-order valence-corrected chi connectivity index (χ1v) is 8.41. The Kier molecular flexibility index (Phi) is 6.30. The number of hydrogen-bond acceptors (Lipinski definition) is 4. The van der Waals surface area contributed by atoms with E-state index in [0.717, 1.165) is 11.1 Å². The molecule has 1 unspecified atom stereocenters. The summed E-state index contributed by atoms with van der Waals surface area (Å²) >= 11 is 1.91. The second-order valence-electron chi connectivity index (χ2n) is 5.93. The van der Waals surface area contributed by atoms with E-state index in [1.807, 2.05) is 22.6 Å². The zero-order valence-corrected chi connectivity index (χ0v) is 15.7. The van der Waals surface area contributed by atoms with Gasteiger partial charge in [-0.3, -0.25) is 4.84 Å². The predicted molar refractivity (Wildman–Crippen MR) is 95.9 cm³/mol. The molecule has 1 atom stereocenters. The normalized spacial score (nSPS) is 13.0. The van der Waals surface area contributed by atoms with Gasteiger partial charge in [0, 0.05) is 3.57 Å². The zero-order valence-electron chi connectivity index (χ0n) is 13.5.